The molecule has 1 N–H and O–H groups in total. The van der Waals surface area contributed by atoms with Gasteiger partial charge in [-0.2, -0.15) is 0 Å². The van der Waals surface area contributed by atoms with E-state index in [2.05, 4.69) is 5.32 Å². The first-order valence-corrected chi connectivity index (χ1v) is 7.86. The Labute approximate surface area is 138 Å². The second kappa shape index (κ2) is 7.69. The van der Waals surface area contributed by atoms with Crippen molar-refractivity contribution in [1.29, 1.82) is 0 Å². The van der Waals surface area contributed by atoms with Crippen LogP contribution in [0.15, 0.2) is 41.8 Å². The maximum Gasteiger partial charge on any atom is 0.246 e. The third kappa shape index (κ3) is 5.03. The molecule has 1 heterocycles. The minimum absolute atomic E-state index is 0.108. The number of halogens is 1. The number of nitrogens with zero attached hydrogens (tertiary/aromatic N) is 1. The van der Waals surface area contributed by atoms with Gasteiger partial charge in [-0.15, -0.1) is 11.3 Å². The van der Waals surface area contributed by atoms with Crippen LogP contribution in [0.2, 0.25) is 0 Å². The summed E-state index contributed by atoms with van der Waals surface area (Å²) in [5.74, 6) is -1.08. The average molecular weight is 332 g/mol. The molecule has 0 aliphatic carbocycles. The number of anilines is 1. The van der Waals surface area contributed by atoms with Gasteiger partial charge in [0, 0.05) is 23.7 Å². The van der Waals surface area contributed by atoms with E-state index in [1.807, 2.05) is 18.4 Å². The van der Waals surface area contributed by atoms with Crippen LogP contribution < -0.4 is 5.32 Å². The highest BCUT2D eigenvalue weighted by Gasteiger charge is 2.11. The van der Waals surface area contributed by atoms with E-state index < -0.39 is 5.82 Å². The largest absolute Gasteiger partial charge is 0.333 e. The number of likely N-dealkylation sites (N-methyl/N-ethyl adjacent to an activating group) is 1. The van der Waals surface area contributed by atoms with Gasteiger partial charge >= 0.3 is 0 Å². The van der Waals surface area contributed by atoms with E-state index in [4.69, 9.17) is 0 Å². The predicted octanol–water partition coefficient (Wildman–Crippen LogP) is 3.31. The summed E-state index contributed by atoms with van der Waals surface area (Å²) < 4.78 is 13.1. The number of hydrogen-bond acceptors (Lipinski definition) is 3. The molecule has 1 aromatic carbocycles. The first-order valence-electron chi connectivity index (χ1n) is 6.98. The minimum Gasteiger partial charge on any atom is -0.333 e. The summed E-state index contributed by atoms with van der Waals surface area (Å²) in [7, 11) is 1.54. The quantitative estimate of drug-likeness (QED) is 0.854. The molecule has 6 heteroatoms. The molecule has 0 fully saturated rings. The van der Waals surface area contributed by atoms with Crippen molar-refractivity contribution in [1.82, 2.24) is 4.90 Å². The fourth-order valence-electron chi connectivity index (χ4n) is 1.89. The smallest absolute Gasteiger partial charge is 0.246 e. The molecule has 120 valence electrons. The summed E-state index contributed by atoms with van der Waals surface area (Å²) in [6.07, 6.45) is 3.18. The van der Waals surface area contributed by atoms with Crippen molar-refractivity contribution in [2.45, 2.75) is 6.92 Å². The van der Waals surface area contributed by atoms with Crippen LogP contribution in [-0.2, 0) is 9.59 Å². The zero-order chi connectivity index (χ0) is 16.8. The Morgan fingerprint density at radius 2 is 2.13 bits per heavy atom. The van der Waals surface area contributed by atoms with Gasteiger partial charge in [0.2, 0.25) is 11.8 Å². The van der Waals surface area contributed by atoms with Gasteiger partial charge in [0.25, 0.3) is 0 Å². The number of amides is 2. The first kappa shape index (κ1) is 16.9. The van der Waals surface area contributed by atoms with Crippen LogP contribution in [-0.4, -0.2) is 30.3 Å². The van der Waals surface area contributed by atoms with E-state index in [1.54, 1.807) is 30.5 Å². The number of benzene rings is 1. The summed E-state index contributed by atoms with van der Waals surface area (Å²) in [6, 6.07) is 7.58. The van der Waals surface area contributed by atoms with E-state index in [9.17, 15) is 14.0 Å². The number of nitrogens with one attached hydrogen (secondary N) is 1. The number of thiophene rings is 1. The van der Waals surface area contributed by atoms with Gasteiger partial charge in [0.15, 0.2) is 0 Å². The van der Waals surface area contributed by atoms with Gasteiger partial charge in [0.05, 0.1) is 6.54 Å². The molecule has 2 amide bonds. The van der Waals surface area contributed by atoms with Crippen LogP contribution >= 0.6 is 11.3 Å². The molecular weight excluding hydrogens is 315 g/mol. The molecule has 0 spiro atoms. The van der Waals surface area contributed by atoms with Crippen LogP contribution in [0.1, 0.15) is 10.4 Å². The molecule has 0 saturated heterocycles. The number of carbonyl (C=O) groups excluding carboxylic acids is 2. The molecule has 23 heavy (non-hydrogen) atoms. The highest BCUT2D eigenvalue weighted by atomic mass is 32.1. The maximum atomic E-state index is 13.1. The summed E-state index contributed by atoms with van der Waals surface area (Å²) in [6.45, 7) is 1.86. The van der Waals surface area contributed by atoms with Gasteiger partial charge in [-0.25, -0.2) is 4.39 Å². The lowest BCUT2D eigenvalue weighted by molar-refractivity contribution is -0.129. The van der Waals surface area contributed by atoms with Crippen molar-refractivity contribution in [2.75, 3.05) is 18.9 Å². The second-order valence-electron chi connectivity index (χ2n) is 5.05. The summed E-state index contributed by atoms with van der Waals surface area (Å²) in [4.78, 5) is 26.2. The van der Waals surface area contributed by atoms with Crippen molar-refractivity contribution in [2.24, 2.45) is 0 Å². The summed E-state index contributed by atoms with van der Waals surface area (Å²) >= 11 is 1.55. The van der Waals surface area contributed by atoms with Crippen LogP contribution in [0.3, 0.4) is 0 Å². The summed E-state index contributed by atoms with van der Waals surface area (Å²) in [5, 5.41) is 4.51. The van der Waals surface area contributed by atoms with E-state index in [1.165, 1.54) is 29.2 Å². The first-order chi connectivity index (χ1) is 11.0. The number of rotatable bonds is 5. The van der Waals surface area contributed by atoms with Crippen molar-refractivity contribution < 1.29 is 14.0 Å². The van der Waals surface area contributed by atoms with Gasteiger partial charge in [-0.1, -0.05) is 6.07 Å². The zero-order valence-electron chi connectivity index (χ0n) is 12.9. The SMILES string of the molecule is Cc1ccsc1/C=C/C(=O)N(C)CC(=O)Nc1cccc(F)c1. The van der Waals surface area contributed by atoms with Crippen molar-refractivity contribution in [3.8, 4) is 0 Å². The van der Waals surface area contributed by atoms with E-state index in [0.29, 0.717) is 5.69 Å². The standard InChI is InChI=1S/C17H17FN2O2S/c1-12-8-9-23-15(12)6-7-17(22)20(2)11-16(21)19-14-5-3-4-13(18)10-14/h3-10H,11H2,1-2H3,(H,19,21)/b7-6+. The average Bonchev–Trinajstić information content (AvgIpc) is 2.89. The molecule has 0 atom stereocenters. The molecule has 4 nitrogen and oxygen atoms in total. The fourth-order valence-corrected chi connectivity index (χ4v) is 2.71. The van der Waals surface area contributed by atoms with Gasteiger partial charge in [-0.3, -0.25) is 9.59 Å². The van der Waals surface area contributed by atoms with Crippen LogP contribution in [0.5, 0.6) is 0 Å². The third-order valence-corrected chi connectivity index (χ3v) is 4.13. The second-order valence-corrected chi connectivity index (χ2v) is 6.00. The molecule has 2 rings (SSSR count). The van der Waals surface area contributed by atoms with E-state index in [0.717, 1.165) is 10.4 Å². The Hall–Kier alpha value is -2.47. The van der Waals surface area contributed by atoms with Crippen LogP contribution in [0, 0.1) is 12.7 Å². The van der Waals surface area contributed by atoms with E-state index in [-0.39, 0.29) is 18.4 Å². The third-order valence-electron chi connectivity index (χ3n) is 3.14. The molecule has 0 saturated carbocycles. The molecule has 0 aliphatic heterocycles. The van der Waals surface area contributed by atoms with Gasteiger partial charge < -0.3 is 10.2 Å². The maximum absolute atomic E-state index is 13.1. The minimum atomic E-state index is -0.429. The highest BCUT2D eigenvalue weighted by molar-refractivity contribution is 7.11. The zero-order valence-corrected chi connectivity index (χ0v) is 13.7. The van der Waals surface area contributed by atoms with Crippen molar-refractivity contribution >= 4 is 34.9 Å². The lowest BCUT2D eigenvalue weighted by Crippen LogP contribution is -2.33. The highest BCUT2D eigenvalue weighted by Crippen LogP contribution is 2.17. The summed E-state index contributed by atoms with van der Waals surface area (Å²) in [5.41, 5.74) is 1.46. The Bertz CT molecular complexity index is 740. The molecular formula is C17H17FN2O2S. The number of carbonyl (C=O) groups is 2. The molecule has 2 aromatic rings. The normalized spacial score (nSPS) is 10.7. The fraction of sp³-hybridized carbons (Fsp3) is 0.176. The van der Waals surface area contributed by atoms with Crippen molar-refractivity contribution in [3.05, 3.63) is 58.0 Å². The Balaban J connectivity index is 1.89. The van der Waals surface area contributed by atoms with Crippen LogP contribution in [0.25, 0.3) is 6.08 Å². The van der Waals surface area contributed by atoms with E-state index >= 15 is 0 Å². The topological polar surface area (TPSA) is 49.4 Å². The Morgan fingerprint density at radius 3 is 2.78 bits per heavy atom. The van der Waals surface area contributed by atoms with Gasteiger partial charge in [0.1, 0.15) is 5.82 Å². The molecule has 0 radical (unpaired) electrons. The lowest BCUT2D eigenvalue weighted by Gasteiger charge is -2.14. The lowest BCUT2D eigenvalue weighted by atomic mass is 10.2. The number of aryl methyl sites for hydroxylation is 1. The van der Waals surface area contributed by atoms with Crippen LogP contribution in [0.4, 0.5) is 10.1 Å². The molecule has 0 unspecified atom stereocenters. The Kier molecular flexibility index (Phi) is 5.65. The predicted molar refractivity (Wildman–Crippen MR) is 90.8 cm³/mol. The monoisotopic (exact) mass is 332 g/mol. The molecule has 1 aromatic heterocycles. The van der Waals surface area contributed by atoms with Gasteiger partial charge in [-0.05, 0) is 48.2 Å². The number of hydrogen-bond donors (Lipinski definition) is 1. The molecule has 0 aliphatic rings. The van der Waals surface area contributed by atoms with Crippen molar-refractivity contribution in [3.63, 3.8) is 0 Å². The molecule has 0 bridgehead atoms. The Morgan fingerprint density at radius 1 is 1.35 bits per heavy atom.